The maximum Gasteiger partial charge on any atom is 0.307 e. The summed E-state index contributed by atoms with van der Waals surface area (Å²) < 4.78 is 35.3. The fourth-order valence-electron chi connectivity index (χ4n) is 1.52. The van der Waals surface area contributed by atoms with E-state index in [1.807, 2.05) is 0 Å². The van der Waals surface area contributed by atoms with Crippen LogP contribution in [0.15, 0.2) is 4.52 Å². The first kappa shape index (κ1) is 11.4. The highest BCUT2D eigenvalue weighted by atomic mass is 19.3. The van der Waals surface area contributed by atoms with Crippen LogP contribution in [0.1, 0.15) is 25.1 Å². The molecule has 0 unspecified atom stereocenters. The highest BCUT2D eigenvalue weighted by Crippen LogP contribution is 2.26. The van der Waals surface area contributed by atoms with Gasteiger partial charge in [-0.05, 0) is 0 Å². The zero-order valence-corrected chi connectivity index (χ0v) is 8.74. The van der Waals surface area contributed by atoms with Gasteiger partial charge >= 0.3 is 5.92 Å². The molecular weight excluding hydrogens is 222 g/mol. The summed E-state index contributed by atoms with van der Waals surface area (Å²) in [5.41, 5.74) is -1.08. The van der Waals surface area contributed by atoms with Gasteiger partial charge in [0.1, 0.15) is 0 Å². The molecule has 0 aliphatic carbocycles. The summed E-state index contributed by atoms with van der Waals surface area (Å²) in [6.45, 7) is 1.30. The number of nitrogens with zero attached hydrogens (tertiary/aromatic N) is 2. The molecule has 1 atom stereocenters. The normalized spacial score (nSPS) is 26.2. The first-order chi connectivity index (χ1) is 7.39. The van der Waals surface area contributed by atoms with Gasteiger partial charge in [0.15, 0.2) is 0 Å². The molecule has 16 heavy (non-hydrogen) atoms. The van der Waals surface area contributed by atoms with Gasteiger partial charge in [-0.1, -0.05) is 5.16 Å². The number of hydrogen-bond acceptors (Lipinski definition) is 5. The highest BCUT2D eigenvalue weighted by molar-refractivity contribution is 4.98. The Bertz CT molecular complexity index is 369. The molecule has 2 heterocycles. The van der Waals surface area contributed by atoms with Crippen molar-refractivity contribution in [2.45, 2.75) is 31.3 Å². The van der Waals surface area contributed by atoms with E-state index in [1.165, 1.54) is 0 Å². The summed E-state index contributed by atoms with van der Waals surface area (Å²) in [5.74, 6) is -3.79. The fourth-order valence-corrected chi connectivity index (χ4v) is 1.52. The molecule has 2 rings (SSSR count). The van der Waals surface area contributed by atoms with Crippen LogP contribution in [0, 0.1) is 0 Å². The lowest BCUT2D eigenvalue weighted by molar-refractivity contribution is 0.00559. The molecule has 1 N–H and O–H groups in total. The number of halogens is 2. The molecule has 7 heteroatoms. The van der Waals surface area contributed by atoms with Crippen molar-refractivity contribution in [3.63, 3.8) is 0 Å². The molecule has 1 saturated heterocycles. The summed E-state index contributed by atoms with van der Waals surface area (Å²) >= 11 is 0. The molecule has 0 amide bonds. The van der Waals surface area contributed by atoms with E-state index in [0.29, 0.717) is 20.0 Å². The predicted octanol–water partition coefficient (Wildman–Crippen LogP) is 0.875. The van der Waals surface area contributed by atoms with Crippen LogP contribution in [-0.2, 0) is 17.1 Å². The van der Waals surface area contributed by atoms with Gasteiger partial charge in [0, 0.05) is 20.0 Å². The smallest absolute Gasteiger partial charge is 0.307 e. The minimum Gasteiger partial charge on any atom is -0.387 e. The molecule has 0 aromatic carbocycles. The fraction of sp³-hybridized carbons (Fsp3) is 0.778. The lowest BCUT2D eigenvalue weighted by Crippen LogP contribution is -2.31. The summed E-state index contributed by atoms with van der Waals surface area (Å²) in [6.07, 6.45) is 0.476. The van der Waals surface area contributed by atoms with Crippen molar-refractivity contribution in [2.24, 2.45) is 0 Å². The molecule has 0 saturated carbocycles. The van der Waals surface area contributed by atoms with Gasteiger partial charge < -0.3 is 14.4 Å². The minimum atomic E-state index is -3.13. The van der Waals surface area contributed by atoms with Gasteiger partial charge in [-0.3, -0.25) is 0 Å². The van der Waals surface area contributed by atoms with Crippen LogP contribution in [0.3, 0.4) is 0 Å². The molecule has 0 radical (unpaired) electrons. The van der Waals surface area contributed by atoms with E-state index in [9.17, 15) is 13.9 Å². The maximum absolute atomic E-state index is 12.8. The van der Waals surface area contributed by atoms with Crippen molar-refractivity contribution >= 4 is 0 Å². The average Bonchev–Trinajstić information content (AvgIpc) is 2.74. The van der Waals surface area contributed by atoms with Crippen LogP contribution in [0.4, 0.5) is 8.78 Å². The van der Waals surface area contributed by atoms with E-state index in [1.54, 1.807) is 0 Å². The van der Waals surface area contributed by atoms with Crippen molar-refractivity contribution in [1.82, 2.24) is 10.1 Å². The molecule has 0 bridgehead atoms. The van der Waals surface area contributed by atoms with E-state index >= 15 is 0 Å². The number of alkyl halides is 2. The Morgan fingerprint density at radius 2 is 2.31 bits per heavy atom. The SMILES string of the molecule is CC(F)(F)c1noc(C[C@]2(O)CCOC2)n1. The topological polar surface area (TPSA) is 68.4 Å². The van der Waals surface area contributed by atoms with Crippen molar-refractivity contribution in [3.8, 4) is 0 Å². The summed E-state index contributed by atoms with van der Waals surface area (Å²) in [5, 5.41) is 13.1. The second kappa shape index (κ2) is 3.74. The van der Waals surface area contributed by atoms with Crippen molar-refractivity contribution in [3.05, 3.63) is 11.7 Å². The van der Waals surface area contributed by atoms with E-state index in [2.05, 4.69) is 14.7 Å². The zero-order valence-electron chi connectivity index (χ0n) is 8.74. The zero-order chi connectivity index (χ0) is 11.8. The number of ether oxygens (including phenoxy) is 1. The van der Waals surface area contributed by atoms with E-state index in [-0.39, 0.29) is 18.9 Å². The van der Waals surface area contributed by atoms with Gasteiger partial charge in [0.2, 0.25) is 11.7 Å². The first-order valence-corrected chi connectivity index (χ1v) is 4.90. The van der Waals surface area contributed by atoms with Crippen molar-refractivity contribution < 1.29 is 23.1 Å². The first-order valence-electron chi connectivity index (χ1n) is 4.90. The third kappa shape index (κ3) is 2.35. The second-order valence-corrected chi connectivity index (χ2v) is 4.10. The van der Waals surface area contributed by atoms with Gasteiger partial charge in [-0.2, -0.15) is 13.8 Å². The predicted molar refractivity (Wildman–Crippen MR) is 48.0 cm³/mol. The monoisotopic (exact) mass is 234 g/mol. The van der Waals surface area contributed by atoms with Crippen LogP contribution in [0.25, 0.3) is 0 Å². The summed E-state index contributed by atoms with van der Waals surface area (Å²) in [7, 11) is 0. The summed E-state index contributed by atoms with van der Waals surface area (Å²) in [6, 6.07) is 0. The third-order valence-corrected chi connectivity index (χ3v) is 2.42. The number of hydrogen-bond donors (Lipinski definition) is 1. The van der Waals surface area contributed by atoms with Crippen LogP contribution in [0.2, 0.25) is 0 Å². The Morgan fingerprint density at radius 3 is 2.81 bits per heavy atom. The van der Waals surface area contributed by atoms with Crippen molar-refractivity contribution in [2.75, 3.05) is 13.2 Å². The van der Waals surface area contributed by atoms with Gasteiger partial charge in [0.05, 0.1) is 18.6 Å². The van der Waals surface area contributed by atoms with E-state index in [0.717, 1.165) is 0 Å². The minimum absolute atomic E-state index is 0.00419. The molecule has 90 valence electrons. The number of aromatic nitrogens is 2. The number of aliphatic hydroxyl groups is 1. The molecule has 1 aromatic rings. The largest absolute Gasteiger partial charge is 0.387 e. The Hall–Kier alpha value is -1.08. The van der Waals surface area contributed by atoms with Crippen LogP contribution in [-0.4, -0.2) is 34.1 Å². The standard InChI is InChI=1S/C9H12F2N2O3/c1-8(10,11)7-12-6(16-13-7)4-9(14)2-3-15-5-9/h14H,2-5H2,1H3/t9-/m1/s1. The second-order valence-electron chi connectivity index (χ2n) is 4.10. The Labute approximate surface area is 90.4 Å². The highest BCUT2D eigenvalue weighted by Gasteiger charge is 2.36. The Kier molecular flexibility index (Phi) is 2.67. The van der Waals surface area contributed by atoms with Crippen molar-refractivity contribution in [1.29, 1.82) is 0 Å². The average molecular weight is 234 g/mol. The van der Waals surface area contributed by atoms with Gasteiger partial charge in [-0.25, -0.2) is 0 Å². The molecule has 1 aliphatic rings. The quantitative estimate of drug-likeness (QED) is 0.840. The molecule has 5 nitrogen and oxygen atoms in total. The molecule has 1 aromatic heterocycles. The molecule has 1 aliphatic heterocycles. The van der Waals surface area contributed by atoms with Crippen LogP contribution < -0.4 is 0 Å². The maximum atomic E-state index is 12.8. The Morgan fingerprint density at radius 1 is 1.56 bits per heavy atom. The molecule has 1 fully saturated rings. The lowest BCUT2D eigenvalue weighted by atomic mass is 9.99. The summed E-state index contributed by atoms with van der Waals surface area (Å²) in [4.78, 5) is 3.55. The number of rotatable bonds is 3. The van der Waals surface area contributed by atoms with Crippen LogP contribution >= 0.6 is 0 Å². The third-order valence-electron chi connectivity index (χ3n) is 2.42. The molecule has 0 spiro atoms. The lowest BCUT2D eigenvalue weighted by Gasteiger charge is -2.16. The molecular formula is C9H12F2N2O3. The van der Waals surface area contributed by atoms with E-state index < -0.39 is 17.3 Å². The van der Waals surface area contributed by atoms with Gasteiger partial charge in [0.25, 0.3) is 0 Å². The van der Waals surface area contributed by atoms with Crippen LogP contribution in [0.5, 0.6) is 0 Å². The van der Waals surface area contributed by atoms with Gasteiger partial charge in [-0.15, -0.1) is 0 Å². The van der Waals surface area contributed by atoms with E-state index in [4.69, 9.17) is 4.74 Å². The Balaban J connectivity index is 2.08.